The first-order chi connectivity index (χ1) is 9.28. The average molecular weight is 264 g/mol. The molecule has 4 nitrogen and oxygen atoms in total. The molecule has 1 fully saturated rings. The monoisotopic (exact) mass is 264 g/mol. The maximum atomic E-state index is 5.34. The molecular formula is C15H24N2O2. The summed E-state index contributed by atoms with van der Waals surface area (Å²) in [6.07, 6.45) is 2.21. The maximum Gasteiger partial charge on any atom is 0.118 e. The van der Waals surface area contributed by atoms with Crippen molar-refractivity contribution >= 4 is 0 Å². The normalized spacial score (nSPS) is 18.2. The summed E-state index contributed by atoms with van der Waals surface area (Å²) < 4.78 is 10.5. The van der Waals surface area contributed by atoms with Crippen LogP contribution in [0.3, 0.4) is 0 Å². The van der Waals surface area contributed by atoms with Crippen molar-refractivity contribution in [1.82, 2.24) is 10.4 Å². The smallest absolute Gasteiger partial charge is 0.118 e. The number of hydrogen-bond donors (Lipinski definition) is 1. The number of methoxy groups -OCH3 is 1. The molecule has 4 heteroatoms. The van der Waals surface area contributed by atoms with Gasteiger partial charge in [-0.15, -0.1) is 0 Å². The second-order valence-electron chi connectivity index (χ2n) is 5.02. The summed E-state index contributed by atoms with van der Waals surface area (Å²) in [6, 6.07) is 8.81. The summed E-state index contributed by atoms with van der Waals surface area (Å²) >= 11 is 0. The average Bonchev–Trinajstić information content (AvgIpc) is 2.47. The minimum absolute atomic E-state index is 0.486. The lowest BCUT2D eigenvalue weighted by molar-refractivity contribution is 0.00446. The van der Waals surface area contributed by atoms with Crippen molar-refractivity contribution in [1.29, 1.82) is 0 Å². The SMILES string of the molecule is COc1ccc(CCC(C)NN2CCOCC2)cc1. The zero-order valence-corrected chi connectivity index (χ0v) is 11.9. The van der Waals surface area contributed by atoms with E-state index in [9.17, 15) is 0 Å². The minimum atomic E-state index is 0.486. The molecule has 1 N–H and O–H groups in total. The van der Waals surface area contributed by atoms with Gasteiger partial charge in [-0.05, 0) is 37.5 Å². The number of rotatable bonds is 6. The fraction of sp³-hybridized carbons (Fsp3) is 0.600. The molecule has 1 atom stereocenters. The van der Waals surface area contributed by atoms with E-state index in [4.69, 9.17) is 9.47 Å². The van der Waals surface area contributed by atoms with Crippen molar-refractivity contribution in [2.45, 2.75) is 25.8 Å². The molecule has 19 heavy (non-hydrogen) atoms. The Labute approximate surface area is 115 Å². The number of morpholine rings is 1. The number of hydrogen-bond acceptors (Lipinski definition) is 4. The number of benzene rings is 1. The van der Waals surface area contributed by atoms with Gasteiger partial charge in [-0.3, -0.25) is 5.43 Å². The van der Waals surface area contributed by atoms with Gasteiger partial charge in [0.25, 0.3) is 0 Å². The van der Waals surface area contributed by atoms with E-state index in [1.54, 1.807) is 7.11 Å². The van der Waals surface area contributed by atoms with E-state index in [1.165, 1.54) is 5.56 Å². The van der Waals surface area contributed by atoms with Crippen LogP contribution in [0.25, 0.3) is 0 Å². The van der Waals surface area contributed by atoms with Gasteiger partial charge in [0.1, 0.15) is 5.75 Å². The van der Waals surface area contributed by atoms with Gasteiger partial charge in [0.05, 0.1) is 20.3 Å². The van der Waals surface area contributed by atoms with Crippen LogP contribution in [-0.2, 0) is 11.2 Å². The Bertz CT molecular complexity index is 361. The van der Waals surface area contributed by atoms with E-state index in [-0.39, 0.29) is 0 Å². The Morgan fingerprint density at radius 3 is 2.58 bits per heavy atom. The van der Waals surface area contributed by atoms with E-state index in [2.05, 4.69) is 29.5 Å². The van der Waals surface area contributed by atoms with E-state index in [1.807, 2.05) is 12.1 Å². The highest BCUT2D eigenvalue weighted by Gasteiger charge is 2.12. The highest BCUT2D eigenvalue weighted by atomic mass is 16.5. The van der Waals surface area contributed by atoms with Crippen LogP contribution in [0.5, 0.6) is 5.75 Å². The Morgan fingerprint density at radius 2 is 1.95 bits per heavy atom. The van der Waals surface area contributed by atoms with E-state index in [0.29, 0.717) is 6.04 Å². The third kappa shape index (κ3) is 4.82. The molecule has 0 bridgehead atoms. The number of ether oxygens (including phenoxy) is 2. The summed E-state index contributed by atoms with van der Waals surface area (Å²) in [5, 5.41) is 2.27. The topological polar surface area (TPSA) is 33.7 Å². The van der Waals surface area contributed by atoms with Gasteiger partial charge in [0, 0.05) is 19.1 Å². The van der Waals surface area contributed by atoms with Crippen molar-refractivity contribution in [2.24, 2.45) is 0 Å². The van der Waals surface area contributed by atoms with Crippen LogP contribution in [0.2, 0.25) is 0 Å². The first-order valence-electron chi connectivity index (χ1n) is 6.99. The van der Waals surface area contributed by atoms with Crippen LogP contribution in [0.4, 0.5) is 0 Å². The van der Waals surface area contributed by atoms with Crippen molar-refractivity contribution in [3.63, 3.8) is 0 Å². The van der Waals surface area contributed by atoms with Crippen molar-refractivity contribution in [3.8, 4) is 5.75 Å². The first kappa shape index (κ1) is 14.3. The van der Waals surface area contributed by atoms with Crippen molar-refractivity contribution < 1.29 is 9.47 Å². The maximum absolute atomic E-state index is 5.34. The molecule has 106 valence electrons. The summed E-state index contributed by atoms with van der Waals surface area (Å²) in [5.41, 5.74) is 4.90. The third-order valence-corrected chi connectivity index (χ3v) is 3.44. The van der Waals surface area contributed by atoms with Crippen LogP contribution in [0.15, 0.2) is 24.3 Å². The molecule has 1 saturated heterocycles. The van der Waals surface area contributed by atoms with Crippen LogP contribution in [0.1, 0.15) is 18.9 Å². The van der Waals surface area contributed by atoms with Gasteiger partial charge in [0.15, 0.2) is 0 Å². The molecule has 2 rings (SSSR count). The van der Waals surface area contributed by atoms with Crippen molar-refractivity contribution in [3.05, 3.63) is 29.8 Å². The molecule has 1 aliphatic rings. The minimum Gasteiger partial charge on any atom is -0.497 e. The quantitative estimate of drug-likeness (QED) is 0.850. The first-order valence-corrected chi connectivity index (χ1v) is 6.99. The van der Waals surface area contributed by atoms with Gasteiger partial charge in [-0.25, -0.2) is 5.01 Å². The van der Waals surface area contributed by atoms with E-state index < -0.39 is 0 Å². The second kappa shape index (κ2) is 7.48. The molecule has 1 heterocycles. The van der Waals surface area contributed by atoms with Gasteiger partial charge in [-0.1, -0.05) is 12.1 Å². The highest BCUT2D eigenvalue weighted by Crippen LogP contribution is 2.13. The lowest BCUT2D eigenvalue weighted by Gasteiger charge is -2.30. The van der Waals surface area contributed by atoms with Gasteiger partial charge >= 0.3 is 0 Å². The summed E-state index contributed by atoms with van der Waals surface area (Å²) in [7, 11) is 1.70. The van der Waals surface area contributed by atoms with Gasteiger partial charge < -0.3 is 9.47 Å². The molecule has 0 aliphatic carbocycles. The molecule has 0 saturated carbocycles. The lowest BCUT2D eigenvalue weighted by atomic mass is 10.1. The number of aryl methyl sites for hydroxylation is 1. The fourth-order valence-electron chi connectivity index (χ4n) is 2.24. The van der Waals surface area contributed by atoms with Crippen molar-refractivity contribution in [2.75, 3.05) is 33.4 Å². The third-order valence-electron chi connectivity index (χ3n) is 3.44. The summed E-state index contributed by atoms with van der Waals surface area (Å²) in [4.78, 5) is 0. The Hall–Kier alpha value is -1.10. The van der Waals surface area contributed by atoms with Crippen LogP contribution < -0.4 is 10.2 Å². The number of nitrogens with zero attached hydrogens (tertiary/aromatic N) is 1. The molecule has 1 unspecified atom stereocenters. The Kier molecular flexibility index (Phi) is 5.63. The Balaban J connectivity index is 1.71. The zero-order valence-electron chi connectivity index (χ0n) is 11.9. The predicted molar refractivity (Wildman–Crippen MR) is 76.3 cm³/mol. The molecule has 0 spiro atoms. The molecule has 0 aromatic heterocycles. The number of nitrogens with one attached hydrogen (secondary N) is 1. The van der Waals surface area contributed by atoms with E-state index >= 15 is 0 Å². The molecular weight excluding hydrogens is 240 g/mol. The van der Waals surface area contributed by atoms with Crippen LogP contribution in [0, 0.1) is 0 Å². The largest absolute Gasteiger partial charge is 0.497 e. The molecule has 0 radical (unpaired) electrons. The summed E-state index contributed by atoms with van der Waals surface area (Å²) in [5.74, 6) is 0.920. The van der Waals surface area contributed by atoms with Crippen LogP contribution in [-0.4, -0.2) is 44.5 Å². The fourth-order valence-corrected chi connectivity index (χ4v) is 2.24. The van der Waals surface area contributed by atoms with Gasteiger partial charge in [-0.2, -0.15) is 0 Å². The highest BCUT2D eigenvalue weighted by molar-refractivity contribution is 5.27. The summed E-state index contributed by atoms with van der Waals surface area (Å²) in [6.45, 7) is 5.86. The second-order valence-corrected chi connectivity index (χ2v) is 5.02. The standard InChI is InChI=1S/C15H24N2O2/c1-13(16-17-9-11-19-12-10-17)3-4-14-5-7-15(18-2)8-6-14/h5-8,13,16H,3-4,9-12H2,1-2H3. The van der Waals surface area contributed by atoms with E-state index in [0.717, 1.165) is 44.9 Å². The lowest BCUT2D eigenvalue weighted by Crippen LogP contribution is -2.49. The molecule has 1 aromatic carbocycles. The molecule has 1 aliphatic heterocycles. The zero-order chi connectivity index (χ0) is 13.5. The number of hydrazine groups is 1. The predicted octanol–water partition coefficient (Wildman–Crippen LogP) is 1.85. The molecule has 0 amide bonds. The van der Waals surface area contributed by atoms with Gasteiger partial charge in [0.2, 0.25) is 0 Å². The molecule has 1 aromatic rings. The van der Waals surface area contributed by atoms with Crippen LogP contribution >= 0.6 is 0 Å². The Morgan fingerprint density at radius 1 is 1.26 bits per heavy atom.